The standard InChI is InChI=1S/C21H22FN5O2/c1-12-9-26(4-3-23-12)14-5-17(22)15-7-16(21(28)29-19(15)6-14)18-11-27-10-13(2)24-8-20(27)25-18/h5-8,10,12,18,23H,3-4,9,11H2,1-2H3. The summed E-state index contributed by atoms with van der Waals surface area (Å²) >= 11 is 0. The molecule has 1 aromatic carbocycles. The zero-order valence-electron chi connectivity index (χ0n) is 16.4. The summed E-state index contributed by atoms with van der Waals surface area (Å²) in [5, 5.41) is 3.67. The molecule has 5 rings (SSSR count). The minimum absolute atomic E-state index is 0.264. The number of benzene rings is 1. The molecule has 7 nitrogen and oxygen atoms in total. The van der Waals surface area contributed by atoms with Crippen molar-refractivity contribution in [3.63, 3.8) is 0 Å². The summed E-state index contributed by atoms with van der Waals surface area (Å²) in [7, 11) is 0. The molecule has 0 amide bonds. The van der Waals surface area contributed by atoms with Gasteiger partial charge in [0.05, 0.1) is 29.4 Å². The summed E-state index contributed by atoms with van der Waals surface area (Å²) in [6, 6.07) is 4.77. The third-order valence-electron chi connectivity index (χ3n) is 5.59. The molecule has 1 aromatic heterocycles. The van der Waals surface area contributed by atoms with Crippen LogP contribution in [0, 0.1) is 5.82 Å². The lowest BCUT2D eigenvalue weighted by atomic mass is 10.1. The van der Waals surface area contributed by atoms with Gasteiger partial charge >= 0.3 is 5.63 Å². The highest BCUT2D eigenvalue weighted by molar-refractivity contribution is 6.31. The molecule has 3 aliphatic rings. The Morgan fingerprint density at radius 2 is 2.14 bits per heavy atom. The Kier molecular flexibility index (Phi) is 4.24. The van der Waals surface area contributed by atoms with E-state index >= 15 is 0 Å². The van der Waals surface area contributed by atoms with E-state index in [-0.39, 0.29) is 5.58 Å². The first kappa shape index (κ1) is 18.1. The predicted octanol–water partition coefficient (Wildman–Crippen LogP) is 2.43. The number of fused-ring (bicyclic) bond motifs is 2. The van der Waals surface area contributed by atoms with Crippen molar-refractivity contribution in [1.82, 2.24) is 10.2 Å². The molecule has 1 saturated heterocycles. The second-order valence-electron chi connectivity index (χ2n) is 7.81. The van der Waals surface area contributed by atoms with Crippen molar-refractivity contribution >= 4 is 28.7 Å². The molecule has 0 radical (unpaired) electrons. The number of rotatable bonds is 2. The maximum atomic E-state index is 15.0. The number of anilines is 1. The normalized spacial score (nSPS) is 24.0. The second-order valence-corrected chi connectivity index (χ2v) is 7.81. The van der Waals surface area contributed by atoms with Gasteiger partial charge in [0.15, 0.2) is 0 Å². The van der Waals surface area contributed by atoms with Gasteiger partial charge in [-0.15, -0.1) is 0 Å². The molecule has 29 heavy (non-hydrogen) atoms. The van der Waals surface area contributed by atoms with Crippen LogP contribution >= 0.6 is 0 Å². The Balaban J connectivity index is 1.51. The van der Waals surface area contributed by atoms with Crippen LogP contribution in [0.4, 0.5) is 10.1 Å². The fourth-order valence-corrected chi connectivity index (χ4v) is 4.13. The average Bonchev–Trinajstić information content (AvgIpc) is 3.10. The SMILES string of the molecule is CC1=CN2CC(c3cc4c(F)cc(N5CCNC(C)C5)cc4oc3=O)N=C2C=N1. The van der Waals surface area contributed by atoms with Gasteiger partial charge < -0.3 is 19.5 Å². The summed E-state index contributed by atoms with van der Waals surface area (Å²) in [5.41, 5.74) is 1.75. The van der Waals surface area contributed by atoms with E-state index in [1.54, 1.807) is 18.3 Å². The summed E-state index contributed by atoms with van der Waals surface area (Å²) in [5.74, 6) is 0.304. The number of hydrogen-bond acceptors (Lipinski definition) is 7. The molecule has 0 spiro atoms. The van der Waals surface area contributed by atoms with Gasteiger partial charge in [0.1, 0.15) is 23.3 Å². The summed E-state index contributed by atoms with van der Waals surface area (Å²) < 4.78 is 20.5. The first-order chi connectivity index (χ1) is 14.0. The number of aliphatic imine (C=N–C) groups is 2. The summed E-state index contributed by atoms with van der Waals surface area (Å²) in [6.45, 7) is 6.89. The summed E-state index contributed by atoms with van der Waals surface area (Å²) in [4.78, 5) is 25.5. The Morgan fingerprint density at radius 3 is 2.97 bits per heavy atom. The van der Waals surface area contributed by atoms with Gasteiger partial charge in [0.25, 0.3) is 0 Å². The fraction of sp³-hybridized carbons (Fsp3) is 0.381. The van der Waals surface area contributed by atoms with Crippen LogP contribution in [0.1, 0.15) is 25.5 Å². The van der Waals surface area contributed by atoms with E-state index in [9.17, 15) is 9.18 Å². The van der Waals surface area contributed by atoms with E-state index in [0.29, 0.717) is 29.4 Å². The van der Waals surface area contributed by atoms with E-state index in [2.05, 4.69) is 27.1 Å². The largest absolute Gasteiger partial charge is 0.422 e. The molecule has 0 aliphatic carbocycles. The van der Waals surface area contributed by atoms with Crippen molar-refractivity contribution in [2.75, 3.05) is 31.1 Å². The Hall–Kier alpha value is -3.00. The van der Waals surface area contributed by atoms with Gasteiger partial charge in [-0.2, -0.15) is 0 Å². The van der Waals surface area contributed by atoms with Crippen LogP contribution in [-0.2, 0) is 0 Å². The van der Waals surface area contributed by atoms with Crippen LogP contribution in [0.15, 0.2) is 49.3 Å². The molecule has 8 heteroatoms. The van der Waals surface area contributed by atoms with Crippen molar-refractivity contribution in [2.24, 2.45) is 9.98 Å². The minimum Gasteiger partial charge on any atom is -0.422 e. The minimum atomic E-state index is -0.477. The third kappa shape index (κ3) is 3.23. The summed E-state index contributed by atoms with van der Waals surface area (Å²) in [6.07, 6.45) is 3.57. The van der Waals surface area contributed by atoms with Crippen molar-refractivity contribution in [1.29, 1.82) is 0 Å². The number of piperazine rings is 1. The number of nitrogens with one attached hydrogen (secondary N) is 1. The van der Waals surface area contributed by atoms with Gasteiger partial charge in [-0.25, -0.2) is 9.18 Å². The van der Waals surface area contributed by atoms with E-state index in [4.69, 9.17) is 4.42 Å². The van der Waals surface area contributed by atoms with Crippen molar-refractivity contribution < 1.29 is 8.81 Å². The number of nitrogens with zero attached hydrogens (tertiary/aromatic N) is 4. The van der Waals surface area contributed by atoms with Gasteiger partial charge in [-0.3, -0.25) is 9.98 Å². The Labute approximate surface area is 167 Å². The molecule has 1 fully saturated rings. The van der Waals surface area contributed by atoms with E-state index in [1.807, 2.05) is 18.0 Å². The highest BCUT2D eigenvalue weighted by Crippen LogP contribution is 2.30. The van der Waals surface area contributed by atoms with Gasteiger partial charge in [0, 0.05) is 43.6 Å². The second kappa shape index (κ2) is 6.81. The molecule has 3 aliphatic heterocycles. The first-order valence-corrected chi connectivity index (χ1v) is 9.80. The van der Waals surface area contributed by atoms with E-state index < -0.39 is 17.5 Å². The van der Waals surface area contributed by atoms with Crippen LogP contribution < -0.4 is 15.8 Å². The third-order valence-corrected chi connectivity index (χ3v) is 5.59. The van der Waals surface area contributed by atoms with E-state index in [0.717, 1.165) is 31.0 Å². The van der Waals surface area contributed by atoms with Crippen molar-refractivity contribution in [3.05, 3.63) is 51.9 Å². The predicted molar refractivity (Wildman–Crippen MR) is 111 cm³/mol. The van der Waals surface area contributed by atoms with Crippen LogP contribution in [0.25, 0.3) is 11.0 Å². The van der Waals surface area contributed by atoms with Gasteiger partial charge in [0.2, 0.25) is 0 Å². The monoisotopic (exact) mass is 395 g/mol. The zero-order valence-corrected chi connectivity index (χ0v) is 16.4. The highest BCUT2D eigenvalue weighted by atomic mass is 19.1. The molecule has 1 N–H and O–H groups in total. The molecule has 150 valence electrons. The zero-order chi connectivity index (χ0) is 20.1. The van der Waals surface area contributed by atoms with Gasteiger partial charge in [-0.05, 0) is 26.0 Å². The van der Waals surface area contributed by atoms with Crippen LogP contribution in [-0.4, -0.2) is 49.2 Å². The van der Waals surface area contributed by atoms with Crippen LogP contribution in [0.2, 0.25) is 0 Å². The molecule has 2 atom stereocenters. The fourth-order valence-electron chi connectivity index (χ4n) is 4.13. The Bertz CT molecular complexity index is 1140. The maximum Gasteiger partial charge on any atom is 0.341 e. The van der Waals surface area contributed by atoms with Crippen LogP contribution in [0.3, 0.4) is 0 Å². The maximum absolute atomic E-state index is 15.0. The highest BCUT2D eigenvalue weighted by Gasteiger charge is 2.29. The topological polar surface area (TPSA) is 73.4 Å². The molecule has 0 bridgehead atoms. The number of hydrogen-bond donors (Lipinski definition) is 1. The smallest absolute Gasteiger partial charge is 0.341 e. The molecular weight excluding hydrogens is 373 g/mol. The van der Waals surface area contributed by atoms with E-state index in [1.165, 1.54) is 6.07 Å². The number of allylic oxidation sites excluding steroid dienone is 1. The lowest BCUT2D eigenvalue weighted by Gasteiger charge is -2.33. The molecule has 2 unspecified atom stereocenters. The van der Waals surface area contributed by atoms with Crippen LogP contribution in [0.5, 0.6) is 0 Å². The molecular formula is C21H22FN5O2. The lowest BCUT2D eigenvalue weighted by Crippen LogP contribution is -2.49. The average molecular weight is 395 g/mol. The first-order valence-electron chi connectivity index (χ1n) is 9.80. The molecule has 4 heterocycles. The molecule has 0 saturated carbocycles. The quantitative estimate of drug-likeness (QED) is 0.791. The van der Waals surface area contributed by atoms with Crippen molar-refractivity contribution in [2.45, 2.75) is 25.9 Å². The number of halogens is 1. The number of amidine groups is 1. The Morgan fingerprint density at radius 1 is 1.28 bits per heavy atom. The van der Waals surface area contributed by atoms with Gasteiger partial charge in [-0.1, -0.05) is 0 Å². The molecule has 2 aromatic rings. The van der Waals surface area contributed by atoms with Crippen molar-refractivity contribution in [3.8, 4) is 0 Å². The lowest BCUT2D eigenvalue weighted by molar-refractivity contribution is 0.483.